The predicted molar refractivity (Wildman–Crippen MR) is 69.6 cm³/mol. The first kappa shape index (κ1) is 12.4. The molecule has 1 N–H and O–H groups in total. The molecule has 2 atom stereocenters. The minimum absolute atomic E-state index is 0.715. The van der Waals surface area contributed by atoms with E-state index in [4.69, 9.17) is 0 Å². The second-order valence-electron chi connectivity index (χ2n) is 6.01. The molecule has 1 heterocycles. The third-order valence-electron chi connectivity index (χ3n) is 4.26. The van der Waals surface area contributed by atoms with Gasteiger partial charge in [-0.2, -0.15) is 0 Å². The van der Waals surface area contributed by atoms with Crippen LogP contribution in [-0.2, 0) is 0 Å². The van der Waals surface area contributed by atoms with Gasteiger partial charge < -0.3 is 5.32 Å². The molecule has 16 heavy (non-hydrogen) atoms. The van der Waals surface area contributed by atoms with Crippen molar-refractivity contribution in [1.29, 1.82) is 0 Å². The molecule has 2 heteroatoms. The zero-order valence-electron chi connectivity index (χ0n) is 11.2. The fourth-order valence-electron chi connectivity index (χ4n) is 2.86. The molecule has 0 bridgehead atoms. The van der Waals surface area contributed by atoms with Crippen LogP contribution in [0.15, 0.2) is 0 Å². The number of nitrogens with one attached hydrogen (secondary N) is 1. The van der Waals surface area contributed by atoms with Gasteiger partial charge in [-0.25, -0.2) is 0 Å². The van der Waals surface area contributed by atoms with Crippen LogP contribution in [0.1, 0.15) is 46.5 Å². The van der Waals surface area contributed by atoms with Crippen LogP contribution < -0.4 is 5.32 Å². The normalized spacial score (nSPS) is 32.2. The van der Waals surface area contributed by atoms with Gasteiger partial charge in [0.25, 0.3) is 0 Å². The summed E-state index contributed by atoms with van der Waals surface area (Å²) in [7, 11) is 0. The van der Waals surface area contributed by atoms with Crippen molar-refractivity contribution in [3.63, 3.8) is 0 Å². The molecule has 1 aliphatic heterocycles. The Labute approximate surface area is 101 Å². The first-order chi connectivity index (χ1) is 7.72. The van der Waals surface area contributed by atoms with Gasteiger partial charge in [0.15, 0.2) is 0 Å². The van der Waals surface area contributed by atoms with Crippen LogP contribution >= 0.6 is 0 Å². The molecule has 0 aromatic rings. The summed E-state index contributed by atoms with van der Waals surface area (Å²) >= 11 is 0. The lowest BCUT2D eigenvalue weighted by Gasteiger charge is -2.42. The molecule has 0 spiro atoms. The fraction of sp³-hybridized carbons (Fsp3) is 1.00. The molecule has 2 nitrogen and oxygen atoms in total. The maximum atomic E-state index is 3.75. The second kappa shape index (κ2) is 5.50. The second-order valence-corrected chi connectivity index (χ2v) is 6.01. The number of hydrogen-bond acceptors (Lipinski definition) is 2. The Morgan fingerprint density at radius 2 is 2.06 bits per heavy atom. The van der Waals surface area contributed by atoms with Crippen LogP contribution in [0.4, 0.5) is 0 Å². The van der Waals surface area contributed by atoms with E-state index in [2.05, 4.69) is 31.0 Å². The Bertz CT molecular complexity index is 211. The summed E-state index contributed by atoms with van der Waals surface area (Å²) in [6, 6.07) is 1.56. The van der Waals surface area contributed by atoms with Gasteiger partial charge >= 0.3 is 0 Å². The van der Waals surface area contributed by atoms with E-state index in [1.165, 1.54) is 45.3 Å². The van der Waals surface area contributed by atoms with Gasteiger partial charge in [-0.05, 0) is 37.6 Å². The lowest BCUT2D eigenvalue weighted by Crippen LogP contribution is -2.58. The van der Waals surface area contributed by atoms with Crippen molar-refractivity contribution in [3.05, 3.63) is 0 Å². The lowest BCUT2D eigenvalue weighted by atomic mass is 9.97. The maximum Gasteiger partial charge on any atom is 0.0249 e. The molecule has 94 valence electrons. The smallest absolute Gasteiger partial charge is 0.0249 e. The van der Waals surface area contributed by atoms with Crippen molar-refractivity contribution >= 4 is 0 Å². The Hall–Kier alpha value is -0.0800. The monoisotopic (exact) mass is 224 g/mol. The molecule has 0 aromatic carbocycles. The number of piperazine rings is 1. The summed E-state index contributed by atoms with van der Waals surface area (Å²) in [6.45, 7) is 10.8. The average Bonchev–Trinajstić information content (AvgIpc) is 3.09. The molecule has 1 aliphatic carbocycles. The fourth-order valence-corrected chi connectivity index (χ4v) is 2.86. The van der Waals surface area contributed by atoms with Gasteiger partial charge in [-0.1, -0.05) is 27.2 Å². The summed E-state index contributed by atoms with van der Waals surface area (Å²) in [5, 5.41) is 3.75. The van der Waals surface area contributed by atoms with Crippen LogP contribution in [-0.4, -0.2) is 36.6 Å². The standard InChI is InChI=1S/C14H28N2/c1-4-5-8-16-10-13(11(2)3)15-9-14(16)12-6-7-12/h11-15H,4-10H2,1-3H3. The molecular formula is C14H28N2. The Kier molecular flexibility index (Phi) is 4.26. The van der Waals surface area contributed by atoms with Crippen LogP contribution in [0.2, 0.25) is 0 Å². The summed E-state index contributed by atoms with van der Waals surface area (Å²) in [6.07, 6.45) is 5.64. The first-order valence-electron chi connectivity index (χ1n) is 7.19. The molecule has 2 fully saturated rings. The van der Waals surface area contributed by atoms with Crippen molar-refractivity contribution in [2.24, 2.45) is 11.8 Å². The van der Waals surface area contributed by atoms with Gasteiger partial charge in [-0.15, -0.1) is 0 Å². The summed E-state index contributed by atoms with van der Waals surface area (Å²) in [5.74, 6) is 1.78. The quantitative estimate of drug-likeness (QED) is 0.772. The number of unbranched alkanes of at least 4 members (excludes halogenated alkanes) is 1. The van der Waals surface area contributed by atoms with E-state index in [1.807, 2.05) is 0 Å². The molecule has 1 saturated carbocycles. The minimum Gasteiger partial charge on any atom is -0.311 e. The largest absolute Gasteiger partial charge is 0.311 e. The SMILES string of the molecule is CCCCN1CC(C(C)C)NCC1C1CC1. The van der Waals surface area contributed by atoms with Crippen LogP contribution in [0.25, 0.3) is 0 Å². The van der Waals surface area contributed by atoms with Gasteiger partial charge in [0.05, 0.1) is 0 Å². The highest BCUT2D eigenvalue weighted by Crippen LogP contribution is 2.36. The highest BCUT2D eigenvalue weighted by Gasteiger charge is 2.38. The lowest BCUT2D eigenvalue weighted by molar-refractivity contribution is 0.0983. The van der Waals surface area contributed by atoms with Crippen molar-refractivity contribution in [3.8, 4) is 0 Å². The van der Waals surface area contributed by atoms with Crippen molar-refractivity contribution in [1.82, 2.24) is 10.2 Å². The van der Waals surface area contributed by atoms with Crippen molar-refractivity contribution in [2.75, 3.05) is 19.6 Å². The Balaban J connectivity index is 1.89. The minimum atomic E-state index is 0.715. The molecule has 2 aliphatic rings. The van der Waals surface area contributed by atoms with E-state index in [1.54, 1.807) is 0 Å². The van der Waals surface area contributed by atoms with Gasteiger partial charge in [0.2, 0.25) is 0 Å². The summed E-state index contributed by atoms with van der Waals surface area (Å²) in [4.78, 5) is 2.78. The number of hydrogen-bond donors (Lipinski definition) is 1. The van der Waals surface area contributed by atoms with E-state index < -0.39 is 0 Å². The molecule has 0 amide bonds. The topological polar surface area (TPSA) is 15.3 Å². The van der Waals surface area contributed by atoms with Gasteiger partial charge in [0, 0.05) is 25.2 Å². The van der Waals surface area contributed by atoms with Gasteiger partial charge in [-0.3, -0.25) is 4.90 Å². The number of rotatable bonds is 5. The maximum absolute atomic E-state index is 3.75. The molecule has 0 radical (unpaired) electrons. The first-order valence-corrected chi connectivity index (χ1v) is 7.19. The molecule has 2 unspecified atom stereocenters. The van der Waals surface area contributed by atoms with Crippen LogP contribution in [0.5, 0.6) is 0 Å². The van der Waals surface area contributed by atoms with Gasteiger partial charge in [0.1, 0.15) is 0 Å². The molecule has 2 rings (SSSR count). The Morgan fingerprint density at radius 3 is 2.62 bits per heavy atom. The average molecular weight is 224 g/mol. The van der Waals surface area contributed by atoms with Crippen LogP contribution in [0, 0.1) is 11.8 Å². The van der Waals surface area contributed by atoms with Crippen LogP contribution in [0.3, 0.4) is 0 Å². The zero-order valence-corrected chi connectivity index (χ0v) is 11.2. The highest BCUT2D eigenvalue weighted by molar-refractivity contribution is 4.95. The van der Waals surface area contributed by atoms with E-state index in [0.29, 0.717) is 6.04 Å². The third-order valence-corrected chi connectivity index (χ3v) is 4.26. The molecule has 0 aromatic heterocycles. The van der Waals surface area contributed by atoms with E-state index in [-0.39, 0.29) is 0 Å². The summed E-state index contributed by atoms with van der Waals surface area (Å²) < 4.78 is 0. The predicted octanol–water partition coefficient (Wildman–Crippen LogP) is 2.49. The van der Waals surface area contributed by atoms with E-state index in [9.17, 15) is 0 Å². The summed E-state index contributed by atoms with van der Waals surface area (Å²) in [5.41, 5.74) is 0. The Morgan fingerprint density at radius 1 is 1.31 bits per heavy atom. The highest BCUT2D eigenvalue weighted by atomic mass is 15.2. The van der Waals surface area contributed by atoms with Crippen molar-refractivity contribution in [2.45, 2.75) is 58.5 Å². The zero-order chi connectivity index (χ0) is 11.5. The van der Waals surface area contributed by atoms with E-state index >= 15 is 0 Å². The van der Waals surface area contributed by atoms with E-state index in [0.717, 1.165) is 17.9 Å². The number of nitrogens with zero attached hydrogens (tertiary/aromatic N) is 1. The van der Waals surface area contributed by atoms with Crippen molar-refractivity contribution < 1.29 is 0 Å². The molecule has 1 saturated heterocycles. The third kappa shape index (κ3) is 2.98. The molecular weight excluding hydrogens is 196 g/mol.